The molecule has 0 bridgehead atoms. The molecule has 18 heavy (non-hydrogen) atoms. The van der Waals surface area contributed by atoms with Crippen LogP contribution >= 0.6 is 0 Å². The molecule has 1 heterocycles. The van der Waals surface area contributed by atoms with Crippen LogP contribution < -0.4 is 5.32 Å². The summed E-state index contributed by atoms with van der Waals surface area (Å²) in [5.74, 6) is -2.42. The highest BCUT2D eigenvalue weighted by Gasteiger charge is 2.36. The largest absolute Gasteiger partial charge is 0.316 e. The zero-order chi connectivity index (χ0) is 13.2. The molecule has 3 nitrogen and oxygen atoms in total. The number of rotatable bonds is 4. The predicted octanol–water partition coefficient (Wildman–Crippen LogP) is 2.74. The Morgan fingerprint density at radius 3 is 3.00 bits per heavy atom. The van der Waals surface area contributed by atoms with Gasteiger partial charge >= 0.3 is 0 Å². The second-order valence-electron chi connectivity index (χ2n) is 5.31. The van der Waals surface area contributed by atoms with Crippen LogP contribution in [0.3, 0.4) is 0 Å². The van der Waals surface area contributed by atoms with E-state index in [0.717, 1.165) is 24.2 Å². The first-order valence-corrected chi connectivity index (χ1v) is 6.55. The number of nitrogens with zero attached hydrogens (tertiary/aromatic N) is 2. The van der Waals surface area contributed by atoms with Crippen LogP contribution in [0.15, 0.2) is 6.20 Å². The van der Waals surface area contributed by atoms with Crippen molar-refractivity contribution < 1.29 is 8.78 Å². The molecule has 0 amide bonds. The normalized spacial score (nSPS) is 23.2. The van der Waals surface area contributed by atoms with Gasteiger partial charge in [-0.1, -0.05) is 0 Å². The lowest BCUT2D eigenvalue weighted by molar-refractivity contribution is -0.0551. The first kappa shape index (κ1) is 13.5. The lowest BCUT2D eigenvalue weighted by atomic mass is 9.86. The topological polar surface area (TPSA) is 29.9 Å². The van der Waals surface area contributed by atoms with Crippen molar-refractivity contribution in [1.29, 1.82) is 0 Å². The number of halogens is 2. The summed E-state index contributed by atoms with van der Waals surface area (Å²) in [4.78, 5) is 0. The average Bonchev–Trinajstić information content (AvgIpc) is 2.58. The van der Waals surface area contributed by atoms with Crippen LogP contribution in [0.4, 0.5) is 8.78 Å². The molecule has 1 saturated carbocycles. The summed E-state index contributed by atoms with van der Waals surface area (Å²) < 4.78 is 28.5. The van der Waals surface area contributed by atoms with Crippen molar-refractivity contribution >= 4 is 0 Å². The van der Waals surface area contributed by atoms with Gasteiger partial charge in [-0.05, 0) is 32.7 Å². The van der Waals surface area contributed by atoms with E-state index in [1.165, 1.54) is 0 Å². The lowest BCUT2D eigenvalue weighted by Crippen LogP contribution is -2.28. The molecule has 1 atom stereocenters. The van der Waals surface area contributed by atoms with E-state index in [4.69, 9.17) is 0 Å². The number of hydrogen-bond donors (Lipinski definition) is 1. The second-order valence-corrected chi connectivity index (χ2v) is 5.31. The molecule has 1 aliphatic rings. The Hall–Kier alpha value is -0.970. The third-order valence-corrected chi connectivity index (χ3v) is 3.60. The Balaban J connectivity index is 1.98. The first-order chi connectivity index (χ1) is 8.50. The molecule has 0 aromatic carbocycles. The standard InChI is InChI=1S/C13H21F2N3/c1-10-12(7-16-2)9-18(17-10)8-11-4-3-5-13(14,15)6-11/h9,11,16H,3-8H2,1-2H3. The van der Waals surface area contributed by atoms with E-state index in [2.05, 4.69) is 10.4 Å². The molecule has 1 unspecified atom stereocenters. The molecule has 5 heteroatoms. The average molecular weight is 257 g/mol. The molecule has 0 spiro atoms. The monoisotopic (exact) mass is 257 g/mol. The molecule has 1 aromatic rings. The molecule has 1 aromatic heterocycles. The molecule has 102 valence electrons. The van der Waals surface area contributed by atoms with Crippen molar-refractivity contribution in [3.8, 4) is 0 Å². The van der Waals surface area contributed by atoms with Crippen molar-refractivity contribution in [3.05, 3.63) is 17.5 Å². The van der Waals surface area contributed by atoms with Crippen molar-refractivity contribution in [2.45, 2.75) is 51.6 Å². The Kier molecular flexibility index (Phi) is 4.00. The van der Waals surface area contributed by atoms with Gasteiger partial charge in [-0.25, -0.2) is 8.78 Å². The molecule has 2 rings (SSSR count). The minimum atomic E-state index is -2.47. The maximum atomic E-state index is 13.3. The van der Waals surface area contributed by atoms with Crippen molar-refractivity contribution in [2.75, 3.05) is 7.05 Å². The van der Waals surface area contributed by atoms with Crippen LogP contribution in [-0.4, -0.2) is 22.8 Å². The quantitative estimate of drug-likeness (QED) is 0.898. The van der Waals surface area contributed by atoms with Gasteiger partial charge in [-0.15, -0.1) is 0 Å². The van der Waals surface area contributed by atoms with E-state index >= 15 is 0 Å². The Bertz CT molecular complexity index is 401. The van der Waals surface area contributed by atoms with Crippen LogP contribution in [0.1, 0.15) is 36.9 Å². The molecule has 1 N–H and O–H groups in total. The third-order valence-electron chi connectivity index (χ3n) is 3.60. The SMILES string of the molecule is CNCc1cn(CC2CCCC(F)(F)C2)nc1C. The highest BCUT2D eigenvalue weighted by molar-refractivity contribution is 5.14. The van der Waals surface area contributed by atoms with Gasteiger partial charge in [-0.2, -0.15) is 5.10 Å². The Morgan fingerprint density at radius 1 is 1.56 bits per heavy atom. The van der Waals surface area contributed by atoms with E-state index in [0.29, 0.717) is 13.0 Å². The number of hydrogen-bond acceptors (Lipinski definition) is 2. The van der Waals surface area contributed by atoms with Crippen LogP contribution in [0.25, 0.3) is 0 Å². The van der Waals surface area contributed by atoms with E-state index < -0.39 is 5.92 Å². The van der Waals surface area contributed by atoms with E-state index in [1.807, 2.05) is 24.9 Å². The summed E-state index contributed by atoms with van der Waals surface area (Å²) >= 11 is 0. The van der Waals surface area contributed by atoms with Gasteiger partial charge in [0.15, 0.2) is 0 Å². The predicted molar refractivity (Wildman–Crippen MR) is 66.6 cm³/mol. The fraction of sp³-hybridized carbons (Fsp3) is 0.769. The number of aromatic nitrogens is 2. The molecule has 0 radical (unpaired) electrons. The fourth-order valence-electron chi connectivity index (χ4n) is 2.71. The second kappa shape index (κ2) is 5.34. The zero-order valence-electron chi connectivity index (χ0n) is 11.0. The van der Waals surface area contributed by atoms with Gasteiger partial charge in [0, 0.05) is 37.7 Å². The van der Waals surface area contributed by atoms with Crippen molar-refractivity contribution in [1.82, 2.24) is 15.1 Å². The smallest absolute Gasteiger partial charge is 0.248 e. The number of nitrogens with one attached hydrogen (secondary N) is 1. The lowest BCUT2D eigenvalue weighted by Gasteiger charge is -2.28. The fourth-order valence-corrected chi connectivity index (χ4v) is 2.71. The van der Waals surface area contributed by atoms with E-state index in [9.17, 15) is 8.78 Å². The third kappa shape index (κ3) is 3.28. The van der Waals surface area contributed by atoms with Crippen molar-refractivity contribution in [3.63, 3.8) is 0 Å². The van der Waals surface area contributed by atoms with Gasteiger partial charge < -0.3 is 5.32 Å². The highest BCUT2D eigenvalue weighted by Crippen LogP contribution is 2.37. The van der Waals surface area contributed by atoms with E-state index in [1.54, 1.807) is 0 Å². The first-order valence-electron chi connectivity index (χ1n) is 6.55. The number of alkyl halides is 2. The van der Waals surface area contributed by atoms with Gasteiger partial charge in [-0.3, -0.25) is 4.68 Å². The highest BCUT2D eigenvalue weighted by atomic mass is 19.3. The summed E-state index contributed by atoms with van der Waals surface area (Å²) in [6.45, 7) is 3.34. The summed E-state index contributed by atoms with van der Waals surface area (Å²) in [7, 11) is 1.89. The summed E-state index contributed by atoms with van der Waals surface area (Å²) in [5.41, 5.74) is 2.12. The maximum Gasteiger partial charge on any atom is 0.248 e. The molecule has 1 fully saturated rings. The molecule has 1 aliphatic carbocycles. The van der Waals surface area contributed by atoms with Crippen LogP contribution in [-0.2, 0) is 13.1 Å². The Morgan fingerprint density at radius 2 is 2.33 bits per heavy atom. The van der Waals surface area contributed by atoms with Gasteiger partial charge in [0.2, 0.25) is 5.92 Å². The van der Waals surface area contributed by atoms with Crippen molar-refractivity contribution in [2.24, 2.45) is 5.92 Å². The van der Waals surface area contributed by atoms with Gasteiger partial charge in [0.05, 0.1) is 5.69 Å². The summed E-state index contributed by atoms with van der Waals surface area (Å²) in [6, 6.07) is 0. The van der Waals surface area contributed by atoms with Crippen LogP contribution in [0, 0.1) is 12.8 Å². The van der Waals surface area contributed by atoms with E-state index in [-0.39, 0.29) is 18.8 Å². The number of aryl methyl sites for hydroxylation is 1. The molecule has 0 saturated heterocycles. The maximum absolute atomic E-state index is 13.3. The van der Waals surface area contributed by atoms with Crippen LogP contribution in [0.5, 0.6) is 0 Å². The van der Waals surface area contributed by atoms with Gasteiger partial charge in [0.25, 0.3) is 0 Å². The summed E-state index contributed by atoms with van der Waals surface area (Å²) in [6.07, 6.45) is 3.54. The molecular weight excluding hydrogens is 236 g/mol. The minimum absolute atomic E-state index is 0.00721. The zero-order valence-corrected chi connectivity index (χ0v) is 11.0. The minimum Gasteiger partial charge on any atom is -0.316 e. The van der Waals surface area contributed by atoms with Crippen LogP contribution in [0.2, 0.25) is 0 Å². The van der Waals surface area contributed by atoms with Gasteiger partial charge in [0.1, 0.15) is 0 Å². The molecular formula is C13H21F2N3. The summed E-state index contributed by atoms with van der Waals surface area (Å²) in [5, 5.41) is 7.48. The Labute approximate surface area is 107 Å². The molecule has 0 aliphatic heterocycles.